The second-order valence-electron chi connectivity index (χ2n) is 4.68. The van der Waals surface area contributed by atoms with Crippen LogP contribution in [0.1, 0.15) is 31.1 Å². The van der Waals surface area contributed by atoms with Crippen molar-refractivity contribution in [3.05, 3.63) is 23.7 Å². The Bertz CT molecular complexity index is 350. The molecule has 1 N–H and O–H groups in total. The molecule has 1 fully saturated rings. The predicted molar refractivity (Wildman–Crippen MR) is 56.7 cm³/mol. The molecule has 15 heavy (non-hydrogen) atoms. The maximum absolute atomic E-state index is 5.79. The number of rotatable bonds is 0. The maximum atomic E-state index is 5.79. The Balaban J connectivity index is 1.94. The third kappa shape index (κ3) is 1.42. The highest BCUT2D eigenvalue weighted by Gasteiger charge is 2.40. The summed E-state index contributed by atoms with van der Waals surface area (Å²) in [6, 6.07) is 2.10. The lowest BCUT2D eigenvalue weighted by Crippen LogP contribution is -2.53. The van der Waals surface area contributed by atoms with Gasteiger partial charge in [-0.2, -0.15) is 0 Å². The summed E-state index contributed by atoms with van der Waals surface area (Å²) >= 11 is 0. The zero-order chi connectivity index (χ0) is 10.3. The summed E-state index contributed by atoms with van der Waals surface area (Å²) in [4.78, 5) is 0. The van der Waals surface area contributed by atoms with Gasteiger partial charge in [0.1, 0.15) is 5.76 Å². The fraction of sp³-hybridized carbons (Fsp3) is 0.667. The molecule has 2 unspecified atom stereocenters. The van der Waals surface area contributed by atoms with E-state index in [1.807, 2.05) is 0 Å². The zero-order valence-corrected chi connectivity index (χ0v) is 9.08. The molecule has 0 saturated carbocycles. The molecular formula is C12H17NO2. The van der Waals surface area contributed by atoms with Gasteiger partial charge in [0.05, 0.1) is 24.5 Å². The van der Waals surface area contributed by atoms with Crippen LogP contribution in [0.4, 0.5) is 0 Å². The van der Waals surface area contributed by atoms with E-state index in [1.54, 1.807) is 6.26 Å². The van der Waals surface area contributed by atoms with Crippen LogP contribution in [0.25, 0.3) is 0 Å². The monoisotopic (exact) mass is 207 g/mol. The Morgan fingerprint density at radius 2 is 2.47 bits per heavy atom. The number of hydrogen-bond acceptors (Lipinski definition) is 3. The van der Waals surface area contributed by atoms with E-state index in [0.717, 1.165) is 38.2 Å². The number of ether oxygens (including phenoxy) is 1. The highest BCUT2D eigenvalue weighted by Crippen LogP contribution is 2.37. The second-order valence-corrected chi connectivity index (χ2v) is 4.68. The lowest BCUT2D eigenvalue weighted by Gasteiger charge is -2.42. The van der Waals surface area contributed by atoms with Crippen LogP contribution >= 0.6 is 0 Å². The van der Waals surface area contributed by atoms with Crippen molar-refractivity contribution in [3.63, 3.8) is 0 Å². The van der Waals surface area contributed by atoms with Crippen LogP contribution in [-0.2, 0) is 16.7 Å². The predicted octanol–water partition coefficient (Wildman–Crippen LogP) is 1.82. The molecule has 0 aliphatic carbocycles. The number of hydrogen-bond donors (Lipinski definition) is 1. The van der Waals surface area contributed by atoms with Gasteiger partial charge >= 0.3 is 0 Å². The minimum Gasteiger partial charge on any atom is -0.469 e. The largest absolute Gasteiger partial charge is 0.469 e. The van der Waals surface area contributed by atoms with Crippen LogP contribution in [0.2, 0.25) is 0 Å². The second kappa shape index (κ2) is 3.35. The molecule has 82 valence electrons. The van der Waals surface area contributed by atoms with E-state index < -0.39 is 0 Å². The number of fused-ring (bicyclic) bond motifs is 2. The molecule has 3 rings (SSSR count). The van der Waals surface area contributed by atoms with Crippen LogP contribution in [0.15, 0.2) is 16.7 Å². The van der Waals surface area contributed by atoms with Crippen molar-refractivity contribution in [1.82, 2.24) is 5.32 Å². The Hall–Kier alpha value is -0.800. The molecule has 3 nitrogen and oxygen atoms in total. The molecule has 1 saturated heterocycles. The van der Waals surface area contributed by atoms with Gasteiger partial charge in [-0.25, -0.2) is 0 Å². The fourth-order valence-electron chi connectivity index (χ4n) is 2.71. The van der Waals surface area contributed by atoms with E-state index in [0.29, 0.717) is 6.10 Å². The third-order valence-electron chi connectivity index (χ3n) is 3.67. The molecule has 3 heteroatoms. The average molecular weight is 207 g/mol. The summed E-state index contributed by atoms with van der Waals surface area (Å²) < 4.78 is 11.3. The van der Waals surface area contributed by atoms with Crippen LogP contribution in [0.3, 0.4) is 0 Å². The Kier molecular flexibility index (Phi) is 2.11. The van der Waals surface area contributed by atoms with Crippen molar-refractivity contribution in [3.8, 4) is 0 Å². The molecule has 0 radical (unpaired) electrons. The molecule has 1 spiro atoms. The number of nitrogens with one attached hydrogen (secondary N) is 1. The lowest BCUT2D eigenvalue weighted by atomic mass is 9.81. The van der Waals surface area contributed by atoms with E-state index >= 15 is 0 Å². The van der Waals surface area contributed by atoms with Crippen LogP contribution in [0.5, 0.6) is 0 Å². The Labute approximate surface area is 89.8 Å². The van der Waals surface area contributed by atoms with Crippen LogP contribution in [-0.4, -0.2) is 19.3 Å². The van der Waals surface area contributed by atoms with Crippen LogP contribution < -0.4 is 5.32 Å². The standard InChI is InChI=1S/C12H17NO2/c1-9-2-5-12(8-15-9)10-4-7-14-11(10)3-6-13-12/h4,7,9,13H,2-3,5-6,8H2,1H3. The van der Waals surface area contributed by atoms with Crippen molar-refractivity contribution < 1.29 is 9.15 Å². The van der Waals surface area contributed by atoms with Gasteiger partial charge in [0.25, 0.3) is 0 Å². The van der Waals surface area contributed by atoms with Gasteiger partial charge in [-0.05, 0) is 25.8 Å². The summed E-state index contributed by atoms with van der Waals surface area (Å²) in [5.74, 6) is 1.15. The van der Waals surface area contributed by atoms with Gasteiger partial charge in [0, 0.05) is 18.5 Å². The lowest BCUT2D eigenvalue weighted by molar-refractivity contribution is -0.0357. The minimum absolute atomic E-state index is 0.0348. The van der Waals surface area contributed by atoms with Crippen molar-refractivity contribution in [2.75, 3.05) is 13.2 Å². The van der Waals surface area contributed by atoms with Gasteiger partial charge in [0.15, 0.2) is 0 Å². The van der Waals surface area contributed by atoms with E-state index in [-0.39, 0.29) is 5.54 Å². The number of furan rings is 1. The van der Waals surface area contributed by atoms with Crippen molar-refractivity contribution in [1.29, 1.82) is 0 Å². The van der Waals surface area contributed by atoms with E-state index in [4.69, 9.17) is 9.15 Å². The van der Waals surface area contributed by atoms with Crippen molar-refractivity contribution >= 4 is 0 Å². The van der Waals surface area contributed by atoms with Gasteiger partial charge < -0.3 is 14.5 Å². The molecule has 3 heterocycles. The Morgan fingerprint density at radius 1 is 1.53 bits per heavy atom. The van der Waals surface area contributed by atoms with E-state index in [9.17, 15) is 0 Å². The minimum atomic E-state index is 0.0348. The zero-order valence-electron chi connectivity index (χ0n) is 9.08. The summed E-state index contributed by atoms with van der Waals surface area (Å²) in [5.41, 5.74) is 1.35. The average Bonchev–Trinajstić information content (AvgIpc) is 2.72. The van der Waals surface area contributed by atoms with Gasteiger partial charge in [-0.15, -0.1) is 0 Å². The SMILES string of the molecule is CC1CCC2(CO1)NCCc1occc12. The highest BCUT2D eigenvalue weighted by molar-refractivity contribution is 5.30. The molecule has 2 aliphatic rings. The fourth-order valence-corrected chi connectivity index (χ4v) is 2.71. The van der Waals surface area contributed by atoms with Crippen molar-refractivity contribution in [2.24, 2.45) is 0 Å². The molecular weight excluding hydrogens is 190 g/mol. The molecule has 0 amide bonds. The summed E-state index contributed by atoms with van der Waals surface area (Å²) in [6.45, 7) is 3.92. The van der Waals surface area contributed by atoms with Crippen LogP contribution in [0, 0.1) is 0 Å². The molecule has 1 aromatic heterocycles. The highest BCUT2D eigenvalue weighted by atomic mass is 16.5. The first-order valence-corrected chi connectivity index (χ1v) is 5.74. The van der Waals surface area contributed by atoms with E-state index in [1.165, 1.54) is 5.56 Å². The van der Waals surface area contributed by atoms with Gasteiger partial charge in [-0.3, -0.25) is 0 Å². The topological polar surface area (TPSA) is 34.4 Å². The summed E-state index contributed by atoms with van der Waals surface area (Å²) in [5, 5.41) is 3.61. The first-order chi connectivity index (χ1) is 7.30. The molecule has 2 aliphatic heterocycles. The van der Waals surface area contributed by atoms with E-state index in [2.05, 4.69) is 18.3 Å². The normalized spacial score (nSPS) is 35.4. The molecule has 1 aromatic rings. The molecule has 0 bridgehead atoms. The first-order valence-electron chi connectivity index (χ1n) is 5.74. The van der Waals surface area contributed by atoms with Gasteiger partial charge in [-0.1, -0.05) is 0 Å². The van der Waals surface area contributed by atoms with Gasteiger partial charge in [0.2, 0.25) is 0 Å². The maximum Gasteiger partial charge on any atom is 0.110 e. The summed E-state index contributed by atoms with van der Waals surface area (Å²) in [6.07, 6.45) is 5.48. The molecule has 2 atom stereocenters. The summed E-state index contributed by atoms with van der Waals surface area (Å²) in [7, 11) is 0. The third-order valence-corrected chi connectivity index (χ3v) is 3.67. The quantitative estimate of drug-likeness (QED) is 0.704. The first kappa shape index (κ1) is 9.43. The Morgan fingerprint density at radius 3 is 3.27 bits per heavy atom. The smallest absolute Gasteiger partial charge is 0.110 e. The van der Waals surface area contributed by atoms with Crippen molar-refractivity contribution in [2.45, 2.75) is 37.8 Å². The molecule has 0 aromatic carbocycles.